The lowest BCUT2D eigenvalue weighted by atomic mass is 10.00. The minimum atomic E-state index is -0.928. The molecule has 2 N–H and O–H groups in total. The van der Waals surface area contributed by atoms with Crippen LogP contribution in [0.5, 0.6) is 0 Å². The number of carboxylic acid groups (broad SMARTS) is 1. The average molecular weight is 212 g/mol. The van der Waals surface area contributed by atoms with E-state index in [1.807, 2.05) is 0 Å². The predicted molar refractivity (Wildman–Crippen MR) is 48.8 cm³/mol. The average Bonchev–Trinajstić information content (AvgIpc) is 2.68. The molecule has 0 bridgehead atoms. The first-order valence-corrected chi connectivity index (χ1v) is 4.82. The van der Waals surface area contributed by atoms with Gasteiger partial charge in [-0.2, -0.15) is 0 Å². The fraction of sp³-hybridized carbons (Fsp3) is 0.667. The Morgan fingerprint density at radius 1 is 1.40 bits per heavy atom. The van der Waals surface area contributed by atoms with E-state index in [2.05, 4.69) is 5.32 Å². The topological polar surface area (TPSA) is 86.7 Å². The summed E-state index contributed by atoms with van der Waals surface area (Å²) in [6.45, 7) is 2.27. The molecule has 0 aromatic rings. The van der Waals surface area contributed by atoms with Crippen molar-refractivity contribution in [3.8, 4) is 0 Å². The SMILES string of the molecule is C[C@H](C(=O)O)N1C[C@H]2C(=O)NC(=O)[C@@H]2C1. The Bertz CT molecular complexity index is 319. The van der Waals surface area contributed by atoms with Gasteiger partial charge in [0.1, 0.15) is 6.04 Å². The summed E-state index contributed by atoms with van der Waals surface area (Å²) in [6, 6.07) is -0.642. The number of hydrogen-bond acceptors (Lipinski definition) is 4. The number of carbonyl (C=O) groups excluding carboxylic acids is 2. The second-order valence-electron chi connectivity index (χ2n) is 4.03. The molecule has 2 heterocycles. The zero-order valence-electron chi connectivity index (χ0n) is 8.27. The van der Waals surface area contributed by atoms with Gasteiger partial charge in [-0.15, -0.1) is 0 Å². The van der Waals surface area contributed by atoms with E-state index in [1.165, 1.54) is 0 Å². The zero-order chi connectivity index (χ0) is 11.2. The molecule has 2 aliphatic rings. The molecule has 82 valence electrons. The number of carboxylic acids is 1. The summed E-state index contributed by atoms with van der Waals surface area (Å²) in [5.74, 6) is -2.20. The van der Waals surface area contributed by atoms with E-state index < -0.39 is 12.0 Å². The number of likely N-dealkylation sites (tertiary alicyclic amines) is 1. The van der Waals surface area contributed by atoms with Crippen LogP contribution in [-0.4, -0.2) is 46.9 Å². The van der Waals surface area contributed by atoms with Crippen molar-refractivity contribution < 1.29 is 19.5 Å². The second kappa shape index (κ2) is 3.30. The van der Waals surface area contributed by atoms with Gasteiger partial charge in [-0.25, -0.2) is 0 Å². The van der Waals surface area contributed by atoms with Gasteiger partial charge in [0, 0.05) is 13.1 Å². The van der Waals surface area contributed by atoms with Crippen LogP contribution in [-0.2, 0) is 14.4 Å². The number of imide groups is 1. The molecule has 0 saturated carbocycles. The van der Waals surface area contributed by atoms with Gasteiger partial charge in [0.15, 0.2) is 0 Å². The molecular weight excluding hydrogens is 200 g/mol. The maximum absolute atomic E-state index is 11.3. The number of nitrogens with one attached hydrogen (secondary N) is 1. The normalized spacial score (nSPS) is 32.6. The lowest BCUT2D eigenvalue weighted by Gasteiger charge is -2.20. The highest BCUT2D eigenvalue weighted by atomic mass is 16.4. The smallest absolute Gasteiger partial charge is 0.320 e. The lowest BCUT2D eigenvalue weighted by molar-refractivity contribution is -0.143. The quantitative estimate of drug-likeness (QED) is 0.553. The molecule has 0 aromatic carbocycles. The molecule has 2 fully saturated rings. The fourth-order valence-corrected chi connectivity index (χ4v) is 2.14. The number of aliphatic carboxylic acids is 1. The molecule has 0 unspecified atom stereocenters. The van der Waals surface area contributed by atoms with E-state index in [4.69, 9.17) is 5.11 Å². The number of carbonyl (C=O) groups is 3. The number of fused-ring (bicyclic) bond motifs is 1. The van der Waals surface area contributed by atoms with Crippen molar-refractivity contribution in [2.24, 2.45) is 11.8 Å². The van der Waals surface area contributed by atoms with Gasteiger partial charge in [0.25, 0.3) is 0 Å². The third kappa shape index (κ3) is 1.50. The van der Waals surface area contributed by atoms with Gasteiger partial charge < -0.3 is 5.11 Å². The third-order valence-corrected chi connectivity index (χ3v) is 3.17. The van der Waals surface area contributed by atoms with E-state index in [0.717, 1.165) is 0 Å². The van der Waals surface area contributed by atoms with Crippen molar-refractivity contribution in [3.05, 3.63) is 0 Å². The van der Waals surface area contributed by atoms with Crippen molar-refractivity contribution in [1.82, 2.24) is 10.2 Å². The highest BCUT2D eigenvalue weighted by Gasteiger charge is 2.49. The van der Waals surface area contributed by atoms with E-state index in [9.17, 15) is 14.4 Å². The van der Waals surface area contributed by atoms with Crippen LogP contribution in [0.15, 0.2) is 0 Å². The summed E-state index contributed by atoms with van der Waals surface area (Å²) >= 11 is 0. The monoisotopic (exact) mass is 212 g/mol. The number of hydrogen-bond donors (Lipinski definition) is 2. The van der Waals surface area contributed by atoms with E-state index in [0.29, 0.717) is 13.1 Å². The lowest BCUT2D eigenvalue weighted by Crippen LogP contribution is -2.40. The minimum Gasteiger partial charge on any atom is -0.480 e. The largest absolute Gasteiger partial charge is 0.480 e. The second-order valence-corrected chi connectivity index (χ2v) is 4.03. The molecular formula is C9H12N2O4. The Hall–Kier alpha value is -1.43. The molecule has 3 atom stereocenters. The van der Waals surface area contributed by atoms with Crippen molar-refractivity contribution in [2.75, 3.05) is 13.1 Å². The van der Waals surface area contributed by atoms with Crippen molar-refractivity contribution in [3.63, 3.8) is 0 Å². The van der Waals surface area contributed by atoms with Gasteiger partial charge in [0.2, 0.25) is 11.8 Å². The summed E-state index contributed by atoms with van der Waals surface area (Å²) in [7, 11) is 0. The molecule has 0 aromatic heterocycles. The Morgan fingerprint density at radius 3 is 2.27 bits per heavy atom. The van der Waals surface area contributed by atoms with E-state index in [-0.39, 0.29) is 23.7 Å². The summed E-state index contributed by atoms with van der Waals surface area (Å²) < 4.78 is 0. The third-order valence-electron chi connectivity index (χ3n) is 3.17. The predicted octanol–water partition coefficient (Wildman–Crippen LogP) is -1.34. The van der Waals surface area contributed by atoms with Crippen LogP contribution >= 0.6 is 0 Å². The van der Waals surface area contributed by atoms with Crippen molar-refractivity contribution in [1.29, 1.82) is 0 Å². The van der Waals surface area contributed by atoms with Crippen LogP contribution in [0.1, 0.15) is 6.92 Å². The minimum absolute atomic E-state index is 0.273. The molecule has 2 rings (SSSR count). The van der Waals surface area contributed by atoms with Crippen LogP contribution in [0.4, 0.5) is 0 Å². The van der Waals surface area contributed by atoms with Crippen LogP contribution in [0.2, 0.25) is 0 Å². The van der Waals surface area contributed by atoms with Crippen LogP contribution in [0.3, 0.4) is 0 Å². The Kier molecular flexibility index (Phi) is 2.22. The van der Waals surface area contributed by atoms with Gasteiger partial charge in [-0.1, -0.05) is 0 Å². The van der Waals surface area contributed by atoms with Gasteiger partial charge >= 0.3 is 5.97 Å². The summed E-state index contributed by atoms with van der Waals surface area (Å²) in [4.78, 5) is 35.0. The fourth-order valence-electron chi connectivity index (χ4n) is 2.14. The molecule has 0 spiro atoms. The van der Waals surface area contributed by atoms with Gasteiger partial charge in [-0.3, -0.25) is 24.6 Å². The summed E-state index contributed by atoms with van der Waals surface area (Å²) in [5.41, 5.74) is 0. The van der Waals surface area contributed by atoms with Crippen molar-refractivity contribution >= 4 is 17.8 Å². The first kappa shape index (κ1) is 10.1. The summed E-state index contributed by atoms with van der Waals surface area (Å²) in [6.07, 6.45) is 0. The maximum atomic E-state index is 11.3. The number of nitrogens with zero attached hydrogens (tertiary/aromatic N) is 1. The Labute approximate surface area is 86.2 Å². The Morgan fingerprint density at radius 2 is 1.87 bits per heavy atom. The van der Waals surface area contributed by atoms with Gasteiger partial charge in [-0.05, 0) is 6.92 Å². The molecule has 2 saturated heterocycles. The molecule has 6 nitrogen and oxygen atoms in total. The highest BCUT2D eigenvalue weighted by molar-refractivity contribution is 6.05. The van der Waals surface area contributed by atoms with Crippen LogP contribution in [0, 0.1) is 11.8 Å². The number of rotatable bonds is 2. The number of amides is 2. The molecule has 2 amide bonds. The van der Waals surface area contributed by atoms with Crippen LogP contribution < -0.4 is 5.32 Å². The molecule has 6 heteroatoms. The standard InChI is InChI=1S/C9H12N2O4/c1-4(9(14)15)11-2-5-6(3-11)8(13)10-7(5)12/h4-6H,2-3H2,1H3,(H,14,15)(H,10,12,13)/t4-,5-,6-/m1/s1. The van der Waals surface area contributed by atoms with E-state index in [1.54, 1.807) is 11.8 Å². The molecule has 15 heavy (non-hydrogen) atoms. The first-order valence-electron chi connectivity index (χ1n) is 4.82. The molecule has 0 radical (unpaired) electrons. The van der Waals surface area contributed by atoms with E-state index >= 15 is 0 Å². The van der Waals surface area contributed by atoms with Crippen LogP contribution in [0.25, 0.3) is 0 Å². The highest BCUT2D eigenvalue weighted by Crippen LogP contribution is 2.29. The molecule has 0 aliphatic carbocycles. The zero-order valence-corrected chi connectivity index (χ0v) is 8.27. The maximum Gasteiger partial charge on any atom is 0.320 e. The van der Waals surface area contributed by atoms with Crippen molar-refractivity contribution in [2.45, 2.75) is 13.0 Å². The first-order chi connectivity index (χ1) is 7.00. The molecule has 2 aliphatic heterocycles. The summed E-state index contributed by atoms with van der Waals surface area (Å²) in [5, 5.41) is 11.1. The van der Waals surface area contributed by atoms with Gasteiger partial charge in [0.05, 0.1) is 11.8 Å². The Balaban J connectivity index is 2.10.